The number of ether oxygens (including phenoxy) is 3. The van der Waals surface area contributed by atoms with Gasteiger partial charge in [0.25, 0.3) is 0 Å². The molecule has 4 N–H and O–H groups in total. The minimum absolute atomic E-state index is 0.202. The van der Waals surface area contributed by atoms with Crippen LogP contribution in [0.2, 0.25) is 0 Å². The number of rotatable bonds is 9. The number of unbranched alkanes of at least 4 members (excludes halogenated alkanes) is 1. The van der Waals surface area contributed by atoms with Gasteiger partial charge in [0.1, 0.15) is 23.2 Å². The number of urea groups is 1. The Hall–Kier alpha value is -2.69. The van der Waals surface area contributed by atoms with Crippen molar-refractivity contribution in [3.8, 4) is 11.5 Å². The van der Waals surface area contributed by atoms with Crippen LogP contribution in [0.15, 0.2) is 48.5 Å². The monoisotopic (exact) mass is 513 g/mol. The van der Waals surface area contributed by atoms with Gasteiger partial charge in [-0.15, -0.1) is 0 Å². The van der Waals surface area contributed by atoms with Gasteiger partial charge in [-0.25, -0.2) is 4.79 Å². The predicted molar refractivity (Wildman–Crippen MR) is 140 cm³/mol. The van der Waals surface area contributed by atoms with Gasteiger partial charge < -0.3 is 40.0 Å². The van der Waals surface area contributed by atoms with Crippen molar-refractivity contribution in [1.29, 1.82) is 0 Å². The van der Waals surface area contributed by atoms with Crippen LogP contribution in [0.3, 0.4) is 0 Å². The van der Waals surface area contributed by atoms with Crippen molar-refractivity contribution < 1.29 is 29.2 Å². The van der Waals surface area contributed by atoms with Gasteiger partial charge in [-0.2, -0.15) is 0 Å². The molecule has 0 spiro atoms. The van der Waals surface area contributed by atoms with Crippen LogP contribution >= 0.6 is 0 Å². The number of methoxy groups -OCH3 is 1. The lowest BCUT2D eigenvalue weighted by molar-refractivity contribution is -0.147. The Morgan fingerprint density at radius 3 is 2.51 bits per heavy atom. The summed E-state index contributed by atoms with van der Waals surface area (Å²) < 4.78 is 17.7. The summed E-state index contributed by atoms with van der Waals surface area (Å²) in [7, 11) is 1.66. The summed E-state index contributed by atoms with van der Waals surface area (Å²) in [6, 6.07) is 14.5. The van der Waals surface area contributed by atoms with Crippen molar-refractivity contribution in [3.05, 3.63) is 59.7 Å². The van der Waals surface area contributed by atoms with Crippen LogP contribution in [0.1, 0.15) is 30.4 Å². The van der Waals surface area contributed by atoms with E-state index in [1.807, 2.05) is 55.5 Å². The molecule has 2 heterocycles. The molecule has 2 aromatic carbocycles. The molecule has 0 unspecified atom stereocenters. The summed E-state index contributed by atoms with van der Waals surface area (Å²) in [5, 5.41) is 22.4. The maximum Gasteiger partial charge on any atom is 0.320 e. The smallest absolute Gasteiger partial charge is 0.320 e. The highest BCUT2D eigenvalue weighted by atomic mass is 16.5. The van der Waals surface area contributed by atoms with E-state index in [9.17, 15) is 15.0 Å². The van der Waals surface area contributed by atoms with Crippen molar-refractivity contribution in [3.63, 3.8) is 0 Å². The fourth-order valence-electron chi connectivity index (χ4n) is 5.09. The number of nitrogens with two attached hydrogens (primary N) is 1. The Kier molecular flexibility index (Phi) is 9.04. The number of benzene rings is 2. The molecule has 0 aliphatic carbocycles. The molecular weight excluding hydrogens is 474 g/mol. The Balaban J connectivity index is 1.61. The number of nitrogens with zero attached hydrogens (tertiary/aromatic N) is 2. The van der Waals surface area contributed by atoms with Crippen LogP contribution in [0.25, 0.3) is 0 Å². The molecule has 2 fully saturated rings. The van der Waals surface area contributed by atoms with E-state index in [1.165, 1.54) is 0 Å². The zero-order valence-electron chi connectivity index (χ0n) is 21.7. The van der Waals surface area contributed by atoms with Crippen LogP contribution in [-0.4, -0.2) is 90.8 Å². The van der Waals surface area contributed by atoms with E-state index in [-0.39, 0.29) is 19.1 Å². The van der Waals surface area contributed by atoms with E-state index in [1.54, 1.807) is 16.9 Å². The fourth-order valence-corrected chi connectivity index (χ4v) is 5.09. The van der Waals surface area contributed by atoms with E-state index in [0.717, 1.165) is 12.0 Å². The number of aryl methyl sites for hydroxylation is 1. The molecule has 2 aliphatic rings. The summed E-state index contributed by atoms with van der Waals surface area (Å²) >= 11 is 0. The molecular formula is C28H39N3O6. The second-order valence-electron chi connectivity index (χ2n) is 9.96. The molecule has 2 aliphatic heterocycles. The molecule has 4 atom stereocenters. The number of morpholine rings is 1. The normalized spacial score (nSPS) is 23.6. The first-order valence-electron chi connectivity index (χ1n) is 13.0. The van der Waals surface area contributed by atoms with Gasteiger partial charge in [0.15, 0.2) is 0 Å². The highest BCUT2D eigenvalue weighted by Gasteiger charge is 2.45. The lowest BCUT2D eigenvalue weighted by atomic mass is 9.82. The molecule has 2 aromatic rings. The second-order valence-corrected chi connectivity index (χ2v) is 9.96. The third-order valence-electron chi connectivity index (χ3n) is 7.30. The molecule has 0 bridgehead atoms. The second kappa shape index (κ2) is 12.2. The zero-order chi connectivity index (χ0) is 26.4. The maximum atomic E-state index is 13.3. The predicted octanol–water partition coefficient (Wildman–Crippen LogP) is 2.62. The van der Waals surface area contributed by atoms with E-state index >= 15 is 0 Å². The first-order chi connectivity index (χ1) is 17.8. The summed E-state index contributed by atoms with van der Waals surface area (Å²) in [4.78, 5) is 16.5. The first-order valence-corrected chi connectivity index (χ1v) is 13.0. The SMILES string of the molecule is COCCCC[C@@](O)(c1ccccc1Oc1ccccc1C)[C@H]1CN(C(=O)N2C[C@@H](N)[C@@H](O)C2)CCO1. The van der Waals surface area contributed by atoms with Crippen LogP contribution in [0.5, 0.6) is 11.5 Å². The van der Waals surface area contributed by atoms with Crippen molar-refractivity contribution in [2.24, 2.45) is 5.73 Å². The van der Waals surface area contributed by atoms with E-state index < -0.39 is 23.9 Å². The van der Waals surface area contributed by atoms with E-state index in [2.05, 4.69) is 0 Å². The minimum Gasteiger partial charge on any atom is -0.457 e. The maximum absolute atomic E-state index is 13.3. The van der Waals surface area contributed by atoms with Gasteiger partial charge >= 0.3 is 6.03 Å². The number of β-amino-alcohol motifs (C(OH)–C–C–N with tert-alkyl or cyclic N) is 1. The van der Waals surface area contributed by atoms with Crippen LogP contribution in [-0.2, 0) is 15.1 Å². The van der Waals surface area contributed by atoms with Gasteiger partial charge in [-0.05, 0) is 43.9 Å². The Bertz CT molecular complexity index is 1040. The van der Waals surface area contributed by atoms with Crippen LogP contribution in [0, 0.1) is 6.92 Å². The summed E-state index contributed by atoms with van der Waals surface area (Å²) in [5.74, 6) is 1.26. The Morgan fingerprint density at radius 1 is 1.08 bits per heavy atom. The molecule has 202 valence electrons. The number of aliphatic hydroxyl groups excluding tert-OH is 1. The highest BCUT2D eigenvalue weighted by molar-refractivity contribution is 5.75. The van der Waals surface area contributed by atoms with Gasteiger partial charge in [0, 0.05) is 45.0 Å². The quantitative estimate of drug-likeness (QED) is 0.441. The van der Waals surface area contributed by atoms with Crippen molar-refractivity contribution in [2.45, 2.75) is 50.0 Å². The average molecular weight is 514 g/mol. The van der Waals surface area contributed by atoms with Crippen molar-refractivity contribution >= 4 is 6.03 Å². The molecule has 2 saturated heterocycles. The van der Waals surface area contributed by atoms with E-state index in [4.69, 9.17) is 19.9 Å². The Labute approximate surface area is 218 Å². The topological polar surface area (TPSA) is 118 Å². The number of hydrogen-bond acceptors (Lipinski definition) is 7. The number of likely N-dealkylation sites (tertiary alicyclic amines) is 1. The lowest BCUT2D eigenvalue weighted by Crippen LogP contribution is -2.56. The van der Waals surface area contributed by atoms with Crippen LogP contribution in [0.4, 0.5) is 4.79 Å². The number of para-hydroxylation sites is 2. The number of hydrogen-bond donors (Lipinski definition) is 3. The molecule has 9 nitrogen and oxygen atoms in total. The number of carbonyl (C=O) groups excluding carboxylic acids is 1. The molecule has 2 amide bonds. The lowest BCUT2D eigenvalue weighted by Gasteiger charge is -2.43. The van der Waals surface area contributed by atoms with Gasteiger partial charge in [-0.1, -0.05) is 36.4 Å². The Morgan fingerprint density at radius 2 is 1.81 bits per heavy atom. The van der Waals surface area contributed by atoms with Crippen LogP contribution < -0.4 is 10.5 Å². The third-order valence-corrected chi connectivity index (χ3v) is 7.30. The number of aliphatic hydroxyl groups is 2. The molecule has 0 radical (unpaired) electrons. The van der Waals surface area contributed by atoms with Gasteiger partial charge in [0.2, 0.25) is 0 Å². The largest absolute Gasteiger partial charge is 0.457 e. The van der Waals surface area contributed by atoms with Gasteiger partial charge in [-0.3, -0.25) is 0 Å². The first kappa shape index (κ1) is 27.3. The standard InChI is InChI=1S/C28H39N3O6/c1-20-9-3-5-11-24(20)37-25-12-6-4-10-21(25)28(34,13-7-8-15-35-2)26-19-30(14-16-36-26)27(33)31-17-22(29)23(32)18-31/h3-6,9-12,22-23,26,32,34H,7-8,13-19,29H2,1-2H3/t22-,23+,26-,28-/m1/s1. The average Bonchev–Trinajstić information content (AvgIpc) is 3.25. The minimum atomic E-state index is -1.41. The zero-order valence-corrected chi connectivity index (χ0v) is 21.7. The molecule has 0 saturated carbocycles. The number of amides is 2. The van der Waals surface area contributed by atoms with Crippen molar-refractivity contribution in [1.82, 2.24) is 9.80 Å². The van der Waals surface area contributed by atoms with Gasteiger partial charge in [0.05, 0.1) is 19.3 Å². The molecule has 4 rings (SSSR count). The summed E-state index contributed by atoms with van der Waals surface area (Å²) in [5.41, 5.74) is 6.12. The molecule has 0 aromatic heterocycles. The fraction of sp³-hybridized carbons (Fsp3) is 0.536. The highest BCUT2D eigenvalue weighted by Crippen LogP contribution is 2.41. The summed E-state index contributed by atoms with van der Waals surface area (Å²) in [6.45, 7) is 3.97. The number of carbonyl (C=O) groups is 1. The van der Waals surface area contributed by atoms with E-state index in [0.29, 0.717) is 56.2 Å². The summed E-state index contributed by atoms with van der Waals surface area (Å²) in [6.07, 6.45) is 0.479. The third kappa shape index (κ3) is 6.25. The van der Waals surface area contributed by atoms with Crippen molar-refractivity contribution in [2.75, 3.05) is 46.5 Å². The molecule has 9 heteroatoms. The molecule has 37 heavy (non-hydrogen) atoms.